The van der Waals surface area contributed by atoms with Crippen molar-refractivity contribution in [2.75, 3.05) is 6.61 Å². The number of ether oxygens (including phenoxy) is 4. The molecule has 0 amide bonds. The molecule has 4 heterocycles. The molecule has 11 aliphatic carbocycles. The third-order valence-electron chi connectivity index (χ3n) is 18.6. The topological polar surface area (TPSA) is 50.1 Å². The van der Waals surface area contributed by atoms with Gasteiger partial charge in [-0.05, 0) is 190 Å². The summed E-state index contributed by atoms with van der Waals surface area (Å²) < 4.78 is 21.4. The minimum atomic E-state index is 0.634. The summed E-state index contributed by atoms with van der Waals surface area (Å²) in [6.07, 6.45) is 34.7. The highest BCUT2D eigenvalue weighted by atomic mass is 16.6. The third kappa shape index (κ3) is 7.35. The molecular weight excluding hydrogens is 653 g/mol. The Bertz CT molecular complexity index is 1350. The van der Waals surface area contributed by atoms with Crippen LogP contribution in [0.1, 0.15) is 131 Å². The Kier molecular flexibility index (Phi) is 10.1. The average molecular weight is 729 g/mol. The summed E-state index contributed by atoms with van der Waals surface area (Å²) in [5.74, 6) is 17.3. The van der Waals surface area contributed by atoms with Gasteiger partial charge in [-0.3, -0.25) is 0 Å². The van der Waals surface area contributed by atoms with Gasteiger partial charge in [0.05, 0.1) is 49.3 Å². The fourth-order valence-electron chi connectivity index (χ4n) is 15.5. The first kappa shape index (κ1) is 36.6. The maximum atomic E-state index is 5.65. The zero-order valence-electron chi connectivity index (χ0n) is 34.4. The summed E-state index contributed by atoms with van der Waals surface area (Å²) in [5.41, 5.74) is 0. The molecule has 15 rings (SSSR count). The molecule has 8 bridgehead atoms. The molecule has 24 atom stereocenters. The van der Waals surface area contributed by atoms with Crippen molar-refractivity contribution < 1.29 is 18.9 Å². The normalized spacial score (nSPS) is 58.8. The van der Waals surface area contributed by atoms with Crippen LogP contribution in [0, 0.1) is 101 Å². The Morgan fingerprint density at radius 1 is 0.528 bits per heavy atom. The standard InChI is InChI=1S/C11H16O.C11H16.C8H12O.C8H12.C7H12O.C4H8O/c1-5-2-6-3-7(5)8-4-9-11(12-9)10(6)8;1-7-5-8-6-11(7)10-4-2-3-9(8)10;1-4-2-5-3-6(4)8-7(5)9-8;1-6-4-7-2-3-8(6)5-7;1-5-2-3-6-7(4-5)8-6;1-2-4-3-5-4/h5-11H,2-4H2,1H3;2-3,7-11H,4-6H2,1H3;4-8H,2-3H2,1H3;2-3,6-8H,4-5H2,1H3;5-7H,2-4H2,1H3;4H,2-3H2,1H3. The van der Waals surface area contributed by atoms with E-state index >= 15 is 0 Å². The molecule has 0 aromatic rings. The van der Waals surface area contributed by atoms with E-state index in [2.05, 4.69) is 65.8 Å². The number of hydrogen-bond acceptors (Lipinski definition) is 4. The molecule has 4 saturated heterocycles. The first-order chi connectivity index (χ1) is 25.7. The molecule has 53 heavy (non-hydrogen) atoms. The molecule has 0 radical (unpaired) electrons. The van der Waals surface area contributed by atoms with E-state index in [4.69, 9.17) is 18.9 Å². The highest BCUT2D eigenvalue weighted by Gasteiger charge is 2.65. The molecule has 296 valence electrons. The van der Waals surface area contributed by atoms with Crippen molar-refractivity contribution in [3.8, 4) is 0 Å². The number of fused-ring (bicyclic) bond motifs is 20. The fourth-order valence-corrected chi connectivity index (χ4v) is 15.5. The summed E-state index contributed by atoms with van der Waals surface area (Å²) in [5, 5.41) is 0. The molecule has 0 N–H and O–H groups in total. The largest absolute Gasteiger partial charge is 0.373 e. The summed E-state index contributed by atoms with van der Waals surface area (Å²) in [4.78, 5) is 0. The highest BCUT2D eigenvalue weighted by molar-refractivity contribution is 5.15. The minimum absolute atomic E-state index is 0.634. The van der Waals surface area contributed by atoms with E-state index in [9.17, 15) is 0 Å². The zero-order valence-corrected chi connectivity index (χ0v) is 34.4. The number of hydrogen-bond donors (Lipinski definition) is 0. The monoisotopic (exact) mass is 729 g/mol. The van der Waals surface area contributed by atoms with E-state index < -0.39 is 0 Å². The van der Waals surface area contributed by atoms with Crippen molar-refractivity contribution in [3.63, 3.8) is 0 Å². The van der Waals surface area contributed by atoms with Gasteiger partial charge in [-0.2, -0.15) is 0 Å². The van der Waals surface area contributed by atoms with Gasteiger partial charge >= 0.3 is 0 Å². The Morgan fingerprint density at radius 2 is 1.26 bits per heavy atom. The lowest BCUT2D eigenvalue weighted by atomic mass is 9.76. The first-order valence-electron chi connectivity index (χ1n) is 23.6. The minimum Gasteiger partial charge on any atom is -0.373 e. The second-order valence-corrected chi connectivity index (χ2v) is 22.0. The molecule has 13 fully saturated rings. The van der Waals surface area contributed by atoms with Crippen LogP contribution in [0.5, 0.6) is 0 Å². The first-order valence-corrected chi connectivity index (χ1v) is 23.6. The summed E-state index contributed by atoms with van der Waals surface area (Å²) in [7, 11) is 0. The summed E-state index contributed by atoms with van der Waals surface area (Å²) in [6, 6.07) is 0. The van der Waals surface area contributed by atoms with Crippen molar-refractivity contribution in [2.45, 2.75) is 174 Å². The van der Waals surface area contributed by atoms with Crippen LogP contribution in [-0.2, 0) is 18.9 Å². The molecule has 24 unspecified atom stereocenters. The van der Waals surface area contributed by atoms with Gasteiger partial charge in [0.2, 0.25) is 0 Å². The molecule has 4 aliphatic heterocycles. The van der Waals surface area contributed by atoms with Gasteiger partial charge in [0.15, 0.2) is 0 Å². The molecule has 0 aromatic heterocycles. The summed E-state index contributed by atoms with van der Waals surface area (Å²) >= 11 is 0. The van der Waals surface area contributed by atoms with Crippen molar-refractivity contribution in [3.05, 3.63) is 24.3 Å². The Balaban J connectivity index is 0.0000000806. The third-order valence-corrected chi connectivity index (χ3v) is 18.6. The lowest BCUT2D eigenvalue weighted by Crippen LogP contribution is -2.26. The van der Waals surface area contributed by atoms with Crippen LogP contribution in [0.25, 0.3) is 0 Å². The molecule has 4 heteroatoms. The highest BCUT2D eigenvalue weighted by Crippen LogP contribution is 2.66. The predicted octanol–water partition coefficient (Wildman–Crippen LogP) is 10.9. The number of epoxide rings is 4. The lowest BCUT2D eigenvalue weighted by molar-refractivity contribution is 0.119. The maximum absolute atomic E-state index is 5.65. The van der Waals surface area contributed by atoms with E-state index in [1.165, 1.54) is 77.0 Å². The van der Waals surface area contributed by atoms with Crippen molar-refractivity contribution in [2.24, 2.45) is 101 Å². The number of rotatable bonds is 1. The van der Waals surface area contributed by atoms with E-state index in [1.54, 1.807) is 12.8 Å². The quantitative estimate of drug-likeness (QED) is 0.199. The van der Waals surface area contributed by atoms with Crippen LogP contribution in [0.3, 0.4) is 0 Å². The van der Waals surface area contributed by atoms with Crippen LogP contribution < -0.4 is 0 Å². The van der Waals surface area contributed by atoms with E-state index in [0.717, 1.165) is 132 Å². The zero-order chi connectivity index (χ0) is 36.1. The Hall–Kier alpha value is -0.680. The van der Waals surface area contributed by atoms with Gasteiger partial charge in [0.25, 0.3) is 0 Å². The van der Waals surface area contributed by atoms with E-state index in [-0.39, 0.29) is 0 Å². The SMILES string of the molecule is CC1CC2C=CC1C2.CC1CC2CC1C1CC3OC3C21.CC1CC2CC1C1CC=CC21.CC1CC2CC1C1OC21.CC1CCC2OC2C1.CCC1CO1. The molecule has 9 saturated carbocycles. The second kappa shape index (κ2) is 14.6. The Labute approximate surface area is 323 Å². The molecule has 4 nitrogen and oxygen atoms in total. The van der Waals surface area contributed by atoms with Crippen LogP contribution >= 0.6 is 0 Å². The molecule has 0 aromatic carbocycles. The predicted molar refractivity (Wildman–Crippen MR) is 212 cm³/mol. The van der Waals surface area contributed by atoms with Gasteiger partial charge < -0.3 is 18.9 Å². The molecule has 15 aliphatic rings. The van der Waals surface area contributed by atoms with Crippen molar-refractivity contribution >= 4 is 0 Å². The second-order valence-electron chi connectivity index (χ2n) is 22.0. The Morgan fingerprint density at radius 3 is 1.87 bits per heavy atom. The van der Waals surface area contributed by atoms with Crippen molar-refractivity contribution in [1.29, 1.82) is 0 Å². The van der Waals surface area contributed by atoms with E-state index in [1.807, 2.05) is 0 Å². The van der Waals surface area contributed by atoms with Gasteiger partial charge in [-0.25, -0.2) is 0 Å². The number of allylic oxidation sites excluding steroid dienone is 4. The molecular formula is C49H76O4. The van der Waals surface area contributed by atoms with Gasteiger partial charge in [-0.15, -0.1) is 0 Å². The maximum Gasteiger partial charge on any atom is 0.0875 e. The van der Waals surface area contributed by atoms with Crippen LogP contribution in [-0.4, -0.2) is 49.3 Å². The average Bonchev–Trinajstić information content (AvgIpc) is 4.04. The van der Waals surface area contributed by atoms with Gasteiger partial charge in [-0.1, -0.05) is 65.8 Å². The summed E-state index contributed by atoms with van der Waals surface area (Å²) in [6.45, 7) is 15.1. The van der Waals surface area contributed by atoms with Crippen molar-refractivity contribution in [1.82, 2.24) is 0 Å². The van der Waals surface area contributed by atoms with Gasteiger partial charge in [0, 0.05) is 0 Å². The van der Waals surface area contributed by atoms with Gasteiger partial charge in [0.1, 0.15) is 0 Å². The molecule has 0 spiro atoms. The van der Waals surface area contributed by atoms with Crippen LogP contribution in [0.2, 0.25) is 0 Å². The smallest absolute Gasteiger partial charge is 0.0875 e. The van der Waals surface area contributed by atoms with Crippen LogP contribution in [0.4, 0.5) is 0 Å². The van der Waals surface area contributed by atoms with E-state index in [0.29, 0.717) is 18.3 Å². The lowest BCUT2D eigenvalue weighted by Gasteiger charge is -2.30. The fraction of sp³-hybridized carbons (Fsp3) is 0.918. The van der Waals surface area contributed by atoms with Crippen LogP contribution in [0.15, 0.2) is 24.3 Å².